The minimum absolute atomic E-state index is 0.0148. The van der Waals surface area contributed by atoms with Gasteiger partial charge in [-0.2, -0.15) is 0 Å². The first-order valence-corrected chi connectivity index (χ1v) is 5.63. The molecule has 0 aliphatic rings. The summed E-state index contributed by atoms with van der Waals surface area (Å²) in [5.74, 6) is -10.1. The van der Waals surface area contributed by atoms with Crippen LogP contribution in [0.5, 0.6) is 5.75 Å². The molecule has 2 rings (SSSR count). The van der Waals surface area contributed by atoms with Gasteiger partial charge in [0.1, 0.15) is 5.75 Å². The van der Waals surface area contributed by atoms with Crippen molar-refractivity contribution in [2.24, 2.45) is 0 Å². The second kappa shape index (κ2) is 5.51. The minimum atomic E-state index is -2.25. The molecule has 0 saturated heterocycles. The molecule has 0 fully saturated rings. The number of hydrogen-bond acceptors (Lipinski definition) is 2. The SMILES string of the molecule is COc1ccc(C(=N)c2c(F)c(F)c(F)c(F)c2F)cc1. The van der Waals surface area contributed by atoms with Crippen LogP contribution >= 0.6 is 0 Å². The maximum Gasteiger partial charge on any atom is 0.200 e. The van der Waals surface area contributed by atoms with Crippen molar-refractivity contribution in [3.8, 4) is 5.75 Å². The van der Waals surface area contributed by atoms with Crippen molar-refractivity contribution in [1.29, 1.82) is 5.41 Å². The fraction of sp³-hybridized carbons (Fsp3) is 0.0714. The van der Waals surface area contributed by atoms with E-state index in [4.69, 9.17) is 10.1 Å². The van der Waals surface area contributed by atoms with Crippen LogP contribution in [-0.4, -0.2) is 12.8 Å². The van der Waals surface area contributed by atoms with Gasteiger partial charge in [-0.05, 0) is 24.3 Å². The van der Waals surface area contributed by atoms with Gasteiger partial charge in [0, 0.05) is 5.56 Å². The number of halogens is 5. The number of hydrogen-bond donors (Lipinski definition) is 1. The van der Waals surface area contributed by atoms with E-state index < -0.39 is 40.4 Å². The van der Waals surface area contributed by atoms with E-state index in [2.05, 4.69) is 0 Å². The first kappa shape index (κ1) is 15.0. The van der Waals surface area contributed by atoms with E-state index >= 15 is 0 Å². The molecular weight excluding hydrogens is 293 g/mol. The number of benzene rings is 2. The summed E-state index contributed by atoms with van der Waals surface area (Å²) < 4.78 is 71.3. The molecular formula is C14H8F5NO. The van der Waals surface area contributed by atoms with Crippen molar-refractivity contribution in [3.63, 3.8) is 0 Å². The van der Waals surface area contributed by atoms with Crippen molar-refractivity contribution in [2.45, 2.75) is 0 Å². The molecule has 1 N–H and O–H groups in total. The summed E-state index contributed by atoms with van der Waals surface area (Å²) in [6.45, 7) is 0. The molecule has 0 amide bonds. The average Bonchev–Trinajstić information content (AvgIpc) is 2.51. The van der Waals surface area contributed by atoms with Crippen LogP contribution in [0.3, 0.4) is 0 Å². The van der Waals surface area contributed by atoms with Gasteiger partial charge >= 0.3 is 0 Å². The summed E-state index contributed by atoms with van der Waals surface area (Å²) in [5, 5.41) is 7.67. The molecule has 7 heteroatoms. The predicted octanol–water partition coefficient (Wildman–Crippen LogP) is 3.81. The molecule has 0 saturated carbocycles. The summed E-state index contributed by atoms with van der Waals surface area (Å²) in [6, 6.07) is 5.35. The Balaban J connectivity index is 2.58. The largest absolute Gasteiger partial charge is 0.497 e. The second-order valence-electron chi connectivity index (χ2n) is 4.05. The Bertz CT molecular complexity index is 683. The smallest absolute Gasteiger partial charge is 0.200 e. The van der Waals surface area contributed by atoms with Crippen LogP contribution in [0, 0.1) is 34.5 Å². The van der Waals surface area contributed by atoms with Gasteiger partial charge in [0.05, 0.1) is 18.4 Å². The van der Waals surface area contributed by atoms with E-state index in [-0.39, 0.29) is 5.56 Å². The number of ether oxygens (including phenoxy) is 1. The second-order valence-corrected chi connectivity index (χ2v) is 4.05. The van der Waals surface area contributed by atoms with Gasteiger partial charge in [-0.3, -0.25) is 5.41 Å². The first-order valence-electron chi connectivity index (χ1n) is 5.63. The van der Waals surface area contributed by atoms with Crippen LogP contribution < -0.4 is 4.74 Å². The highest BCUT2D eigenvalue weighted by molar-refractivity contribution is 6.11. The van der Waals surface area contributed by atoms with E-state index in [0.29, 0.717) is 5.75 Å². The third-order valence-corrected chi connectivity index (χ3v) is 2.84. The highest BCUT2D eigenvalue weighted by Gasteiger charge is 2.28. The lowest BCUT2D eigenvalue weighted by atomic mass is 10.0. The quantitative estimate of drug-likeness (QED) is 0.398. The molecule has 2 nitrogen and oxygen atoms in total. The van der Waals surface area contributed by atoms with E-state index in [0.717, 1.165) is 0 Å². The Morgan fingerprint density at radius 1 is 0.810 bits per heavy atom. The molecule has 0 aliphatic heterocycles. The van der Waals surface area contributed by atoms with Gasteiger partial charge in [0.2, 0.25) is 5.82 Å². The molecule has 0 heterocycles. The van der Waals surface area contributed by atoms with Gasteiger partial charge in [-0.15, -0.1) is 0 Å². The van der Waals surface area contributed by atoms with Crippen LogP contribution in [0.2, 0.25) is 0 Å². The summed E-state index contributed by atoms with van der Waals surface area (Å²) in [6.07, 6.45) is 0. The molecule has 2 aromatic rings. The van der Waals surface area contributed by atoms with Gasteiger partial charge in [-0.25, -0.2) is 22.0 Å². The Morgan fingerprint density at radius 3 is 1.67 bits per heavy atom. The molecule has 0 aliphatic carbocycles. The zero-order chi connectivity index (χ0) is 15.7. The Kier molecular flexibility index (Phi) is 3.93. The maximum absolute atomic E-state index is 13.6. The Hall–Kier alpha value is -2.44. The normalized spacial score (nSPS) is 10.6. The number of rotatable bonds is 3. The van der Waals surface area contributed by atoms with Gasteiger partial charge < -0.3 is 4.74 Å². The fourth-order valence-electron chi connectivity index (χ4n) is 1.73. The third kappa shape index (κ3) is 2.46. The molecule has 21 heavy (non-hydrogen) atoms. The zero-order valence-electron chi connectivity index (χ0n) is 10.6. The highest BCUT2D eigenvalue weighted by atomic mass is 19.2. The van der Waals surface area contributed by atoms with Crippen LogP contribution in [0.1, 0.15) is 11.1 Å². The molecule has 0 bridgehead atoms. The monoisotopic (exact) mass is 301 g/mol. The molecule has 0 unspecified atom stereocenters. The van der Waals surface area contributed by atoms with E-state index in [1.54, 1.807) is 0 Å². The molecule has 0 radical (unpaired) electrons. The van der Waals surface area contributed by atoms with Crippen LogP contribution in [0.25, 0.3) is 0 Å². The summed E-state index contributed by atoms with van der Waals surface area (Å²) in [4.78, 5) is 0. The van der Waals surface area contributed by atoms with Gasteiger partial charge in [-0.1, -0.05) is 0 Å². The Labute approximate surface area is 116 Å². The lowest BCUT2D eigenvalue weighted by Gasteiger charge is -2.10. The van der Waals surface area contributed by atoms with Gasteiger partial charge in [0.25, 0.3) is 0 Å². The van der Waals surface area contributed by atoms with Crippen molar-refractivity contribution in [1.82, 2.24) is 0 Å². The molecule has 0 spiro atoms. The number of nitrogens with one attached hydrogen (secondary N) is 1. The Morgan fingerprint density at radius 2 is 1.24 bits per heavy atom. The van der Waals surface area contributed by atoms with E-state index in [1.807, 2.05) is 0 Å². The van der Waals surface area contributed by atoms with Crippen LogP contribution in [-0.2, 0) is 0 Å². The standard InChI is InChI=1S/C14H8F5NO/c1-21-7-4-2-6(3-5-7)14(20)8-9(15)11(17)13(19)12(18)10(8)16/h2-5,20H,1H3. The molecule has 2 aromatic carbocycles. The molecule has 0 atom stereocenters. The summed E-state index contributed by atoms with van der Waals surface area (Å²) in [7, 11) is 1.39. The van der Waals surface area contributed by atoms with Crippen LogP contribution in [0.15, 0.2) is 24.3 Å². The average molecular weight is 301 g/mol. The topological polar surface area (TPSA) is 33.1 Å². The first-order chi connectivity index (χ1) is 9.88. The van der Waals surface area contributed by atoms with Gasteiger partial charge in [0.15, 0.2) is 23.3 Å². The zero-order valence-corrected chi connectivity index (χ0v) is 10.6. The van der Waals surface area contributed by atoms with Crippen molar-refractivity contribution in [2.75, 3.05) is 7.11 Å². The van der Waals surface area contributed by atoms with E-state index in [9.17, 15) is 22.0 Å². The van der Waals surface area contributed by atoms with Crippen molar-refractivity contribution >= 4 is 5.71 Å². The summed E-state index contributed by atoms with van der Waals surface area (Å²) >= 11 is 0. The van der Waals surface area contributed by atoms with Crippen molar-refractivity contribution < 1.29 is 26.7 Å². The van der Waals surface area contributed by atoms with Crippen LogP contribution in [0.4, 0.5) is 22.0 Å². The van der Waals surface area contributed by atoms with E-state index in [1.165, 1.54) is 31.4 Å². The maximum atomic E-state index is 13.6. The minimum Gasteiger partial charge on any atom is -0.497 e. The fourth-order valence-corrected chi connectivity index (χ4v) is 1.73. The lowest BCUT2D eigenvalue weighted by molar-refractivity contribution is 0.377. The van der Waals surface area contributed by atoms with Crippen molar-refractivity contribution in [3.05, 3.63) is 64.5 Å². The third-order valence-electron chi connectivity index (χ3n) is 2.84. The number of methoxy groups -OCH3 is 1. The predicted molar refractivity (Wildman–Crippen MR) is 65.2 cm³/mol. The highest BCUT2D eigenvalue weighted by Crippen LogP contribution is 2.25. The molecule has 0 aromatic heterocycles. The lowest BCUT2D eigenvalue weighted by Crippen LogP contribution is -2.13. The summed E-state index contributed by atoms with van der Waals surface area (Å²) in [5.41, 5.74) is -2.10. The molecule has 110 valence electrons.